The Balaban J connectivity index is 2.28. The molecule has 1 aliphatic rings. The van der Waals surface area contributed by atoms with Gasteiger partial charge in [-0.2, -0.15) is 5.26 Å². The molecule has 92 valence electrons. The molecule has 5 heteroatoms. The summed E-state index contributed by atoms with van der Waals surface area (Å²) in [6.45, 7) is 0. The van der Waals surface area contributed by atoms with E-state index < -0.39 is 0 Å². The van der Waals surface area contributed by atoms with Crippen LogP contribution >= 0.6 is 23.2 Å². The Morgan fingerprint density at radius 2 is 2.00 bits per heavy atom. The molecule has 0 aromatic heterocycles. The molecule has 1 saturated carbocycles. The van der Waals surface area contributed by atoms with Gasteiger partial charge in [-0.25, -0.2) is 0 Å². The number of hydrogen-bond donors (Lipinski definition) is 1. The first-order chi connectivity index (χ1) is 8.61. The van der Waals surface area contributed by atoms with Gasteiger partial charge >= 0.3 is 0 Å². The van der Waals surface area contributed by atoms with E-state index in [0.29, 0.717) is 15.6 Å². The first-order valence-electron chi connectivity index (χ1n) is 5.48. The first kappa shape index (κ1) is 12.9. The average molecular weight is 281 g/mol. The smallest absolute Gasteiger partial charge is 0.262 e. The standard InChI is InChI=1S/C13H10Cl2N2O/c14-11-2-1-3-12(15)10(11)6-8(7-16)13(18)17-9-4-5-9/h1-3,6,9H,4-5H2,(H,17,18)/b8-6+. The molecule has 0 bridgehead atoms. The van der Waals surface area contributed by atoms with Gasteiger partial charge in [0.2, 0.25) is 0 Å². The van der Waals surface area contributed by atoms with E-state index in [4.69, 9.17) is 28.5 Å². The predicted molar refractivity (Wildman–Crippen MR) is 71.2 cm³/mol. The largest absolute Gasteiger partial charge is 0.349 e. The van der Waals surface area contributed by atoms with Crippen molar-refractivity contribution in [2.24, 2.45) is 0 Å². The number of nitrogens with one attached hydrogen (secondary N) is 1. The number of amides is 1. The van der Waals surface area contributed by atoms with E-state index in [1.807, 2.05) is 6.07 Å². The van der Waals surface area contributed by atoms with Crippen LogP contribution in [0, 0.1) is 11.3 Å². The Bertz CT molecular complexity index is 536. The summed E-state index contributed by atoms with van der Waals surface area (Å²) in [5.41, 5.74) is 0.500. The number of nitriles is 1. The normalized spacial score (nSPS) is 15.1. The minimum absolute atomic E-state index is 0.0110. The van der Waals surface area contributed by atoms with E-state index in [1.165, 1.54) is 6.08 Å². The van der Waals surface area contributed by atoms with Crippen molar-refractivity contribution in [1.29, 1.82) is 5.26 Å². The van der Waals surface area contributed by atoms with E-state index in [0.717, 1.165) is 12.8 Å². The van der Waals surface area contributed by atoms with Gasteiger partial charge in [0.25, 0.3) is 5.91 Å². The molecular weight excluding hydrogens is 271 g/mol. The van der Waals surface area contributed by atoms with Crippen LogP contribution in [-0.2, 0) is 4.79 Å². The second-order valence-corrected chi connectivity index (χ2v) is 4.87. The SMILES string of the molecule is N#C/C(=C\c1c(Cl)cccc1Cl)C(=O)NC1CC1. The molecule has 1 fully saturated rings. The number of benzene rings is 1. The maximum atomic E-state index is 11.8. The van der Waals surface area contributed by atoms with E-state index in [9.17, 15) is 4.79 Å². The monoisotopic (exact) mass is 280 g/mol. The van der Waals surface area contributed by atoms with Crippen molar-refractivity contribution in [3.05, 3.63) is 39.4 Å². The summed E-state index contributed by atoms with van der Waals surface area (Å²) in [6, 6.07) is 7.10. The highest BCUT2D eigenvalue weighted by Crippen LogP contribution is 2.27. The molecule has 0 radical (unpaired) electrons. The molecule has 1 N–H and O–H groups in total. The Hall–Kier alpha value is -1.50. The summed E-state index contributed by atoms with van der Waals surface area (Å²) < 4.78 is 0. The lowest BCUT2D eigenvalue weighted by atomic mass is 10.1. The number of halogens is 2. The van der Waals surface area contributed by atoms with Gasteiger partial charge in [-0.1, -0.05) is 29.3 Å². The van der Waals surface area contributed by atoms with Crippen LogP contribution in [0.25, 0.3) is 6.08 Å². The van der Waals surface area contributed by atoms with Gasteiger partial charge in [0.05, 0.1) is 0 Å². The molecule has 0 spiro atoms. The summed E-state index contributed by atoms with van der Waals surface area (Å²) >= 11 is 12.0. The van der Waals surface area contributed by atoms with E-state index >= 15 is 0 Å². The minimum Gasteiger partial charge on any atom is -0.349 e. The fourth-order valence-corrected chi connectivity index (χ4v) is 1.94. The van der Waals surface area contributed by atoms with Gasteiger partial charge in [-0.15, -0.1) is 0 Å². The van der Waals surface area contributed by atoms with Gasteiger partial charge in [0.15, 0.2) is 0 Å². The lowest BCUT2D eigenvalue weighted by molar-refractivity contribution is -0.117. The van der Waals surface area contributed by atoms with Crippen molar-refractivity contribution in [1.82, 2.24) is 5.32 Å². The highest BCUT2D eigenvalue weighted by Gasteiger charge is 2.24. The molecule has 0 aliphatic heterocycles. The Morgan fingerprint density at radius 1 is 1.39 bits per heavy atom. The van der Waals surface area contributed by atoms with Gasteiger partial charge in [-0.05, 0) is 31.1 Å². The highest BCUT2D eigenvalue weighted by atomic mass is 35.5. The van der Waals surface area contributed by atoms with Gasteiger partial charge in [0.1, 0.15) is 11.6 Å². The second-order valence-electron chi connectivity index (χ2n) is 4.05. The molecule has 2 rings (SSSR count). The average Bonchev–Trinajstić information content (AvgIpc) is 3.12. The van der Waals surface area contributed by atoms with Crippen molar-refractivity contribution < 1.29 is 4.79 Å². The number of rotatable bonds is 3. The summed E-state index contributed by atoms with van der Waals surface area (Å²) in [6.07, 6.45) is 3.36. The summed E-state index contributed by atoms with van der Waals surface area (Å²) in [5, 5.41) is 12.6. The third-order valence-corrected chi connectivity index (χ3v) is 3.23. The third-order valence-electron chi connectivity index (χ3n) is 2.57. The topological polar surface area (TPSA) is 52.9 Å². The molecule has 1 aromatic rings. The molecule has 1 amide bonds. The third kappa shape index (κ3) is 3.04. The maximum absolute atomic E-state index is 11.8. The van der Waals surface area contributed by atoms with Crippen LogP contribution in [0.15, 0.2) is 23.8 Å². The molecule has 3 nitrogen and oxygen atoms in total. The van der Waals surface area contributed by atoms with Crippen molar-refractivity contribution in [2.45, 2.75) is 18.9 Å². The van der Waals surface area contributed by atoms with Crippen LogP contribution in [0.5, 0.6) is 0 Å². The number of carbonyl (C=O) groups is 1. The number of carbonyl (C=O) groups excluding carboxylic acids is 1. The van der Waals surface area contributed by atoms with E-state index in [-0.39, 0.29) is 17.5 Å². The Labute approximate surface area is 115 Å². The Morgan fingerprint density at radius 3 is 2.50 bits per heavy atom. The minimum atomic E-state index is -0.379. The zero-order valence-corrected chi connectivity index (χ0v) is 10.9. The fraction of sp³-hybridized carbons (Fsp3) is 0.231. The summed E-state index contributed by atoms with van der Waals surface area (Å²) in [7, 11) is 0. The molecule has 0 saturated heterocycles. The molecule has 1 aliphatic carbocycles. The predicted octanol–water partition coefficient (Wildman–Crippen LogP) is 3.18. The molecule has 0 heterocycles. The molecular formula is C13H10Cl2N2O. The zero-order valence-electron chi connectivity index (χ0n) is 9.41. The summed E-state index contributed by atoms with van der Waals surface area (Å²) in [4.78, 5) is 11.8. The lowest BCUT2D eigenvalue weighted by Gasteiger charge is -2.04. The van der Waals surface area contributed by atoms with Crippen LogP contribution in [0.3, 0.4) is 0 Å². The van der Waals surface area contributed by atoms with Crippen LogP contribution < -0.4 is 5.32 Å². The number of hydrogen-bond acceptors (Lipinski definition) is 2. The molecule has 1 aromatic carbocycles. The second kappa shape index (κ2) is 5.43. The highest BCUT2D eigenvalue weighted by molar-refractivity contribution is 6.37. The van der Waals surface area contributed by atoms with Gasteiger partial charge < -0.3 is 5.32 Å². The van der Waals surface area contributed by atoms with E-state index in [1.54, 1.807) is 18.2 Å². The van der Waals surface area contributed by atoms with Crippen LogP contribution in [0.2, 0.25) is 10.0 Å². The van der Waals surface area contributed by atoms with Crippen molar-refractivity contribution in [2.75, 3.05) is 0 Å². The van der Waals surface area contributed by atoms with E-state index in [2.05, 4.69) is 5.32 Å². The van der Waals surface area contributed by atoms with Crippen molar-refractivity contribution in [3.8, 4) is 6.07 Å². The lowest BCUT2D eigenvalue weighted by Crippen LogP contribution is -2.26. The molecule has 0 atom stereocenters. The van der Waals surface area contributed by atoms with Crippen LogP contribution in [0.1, 0.15) is 18.4 Å². The van der Waals surface area contributed by atoms with Crippen molar-refractivity contribution in [3.63, 3.8) is 0 Å². The fourth-order valence-electron chi connectivity index (χ4n) is 1.43. The van der Waals surface area contributed by atoms with Crippen LogP contribution in [-0.4, -0.2) is 11.9 Å². The maximum Gasteiger partial charge on any atom is 0.262 e. The van der Waals surface area contributed by atoms with Crippen LogP contribution in [0.4, 0.5) is 0 Å². The molecule has 0 unspecified atom stereocenters. The number of nitrogens with zero attached hydrogens (tertiary/aromatic N) is 1. The summed E-state index contributed by atoms with van der Waals surface area (Å²) in [5.74, 6) is -0.379. The van der Waals surface area contributed by atoms with Crippen molar-refractivity contribution >= 4 is 35.2 Å². The quantitative estimate of drug-likeness (QED) is 0.683. The van der Waals surface area contributed by atoms with Gasteiger partial charge in [-0.3, -0.25) is 4.79 Å². The molecule has 18 heavy (non-hydrogen) atoms. The van der Waals surface area contributed by atoms with Gasteiger partial charge in [0, 0.05) is 21.7 Å². The first-order valence-corrected chi connectivity index (χ1v) is 6.24. The Kier molecular flexibility index (Phi) is 3.90. The zero-order chi connectivity index (χ0) is 13.1.